The van der Waals surface area contributed by atoms with Crippen molar-refractivity contribution < 1.29 is 4.79 Å². The maximum Gasteiger partial charge on any atom is 0.253 e. The van der Waals surface area contributed by atoms with Crippen molar-refractivity contribution in [1.82, 2.24) is 4.90 Å². The molecule has 1 aliphatic carbocycles. The molecule has 3 rings (SSSR count). The highest BCUT2D eigenvalue weighted by molar-refractivity contribution is 5.95. The van der Waals surface area contributed by atoms with Crippen LogP contribution in [0.4, 0.5) is 5.69 Å². The summed E-state index contributed by atoms with van der Waals surface area (Å²) < 4.78 is 0. The van der Waals surface area contributed by atoms with Crippen LogP contribution in [0.2, 0.25) is 0 Å². The molecular formula is C14H18N2O. The van der Waals surface area contributed by atoms with Gasteiger partial charge in [0.2, 0.25) is 0 Å². The summed E-state index contributed by atoms with van der Waals surface area (Å²) in [6, 6.07) is 7.25. The molecule has 0 spiro atoms. The molecule has 90 valence electrons. The van der Waals surface area contributed by atoms with Gasteiger partial charge in [-0.15, -0.1) is 0 Å². The van der Waals surface area contributed by atoms with E-state index in [4.69, 9.17) is 5.73 Å². The Kier molecular flexibility index (Phi) is 2.03. The van der Waals surface area contributed by atoms with Gasteiger partial charge in [-0.1, -0.05) is 19.9 Å². The first kappa shape index (κ1) is 10.6. The summed E-state index contributed by atoms with van der Waals surface area (Å²) in [7, 11) is 0. The fourth-order valence-corrected chi connectivity index (χ4v) is 3.15. The van der Waals surface area contributed by atoms with Gasteiger partial charge in [0, 0.05) is 24.3 Å². The molecule has 1 aliphatic heterocycles. The lowest BCUT2D eigenvalue weighted by atomic mass is 10.1. The van der Waals surface area contributed by atoms with Crippen molar-refractivity contribution in [1.29, 1.82) is 0 Å². The molecule has 1 aromatic rings. The van der Waals surface area contributed by atoms with Gasteiger partial charge < -0.3 is 10.6 Å². The van der Waals surface area contributed by atoms with Gasteiger partial charge >= 0.3 is 0 Å². The molecule has 1 saturated carbocycles. The highest BCUT2D eigenvalue weighted by Gasteiger charge is 2.62. The Bertz CT molecular complexity index is 467. The number of hydrogen-bond acceptors (Lipinski definition) is 2. The standard InChI is InChI=1S/C14H18N2O/c1-14(2)11-7-16(8-12(11)14)13(17)9-4-3-5-10(15)6-9/h3-6,11-12H,7-8,15H2,1-2H3. The number of piperidine rings is 1. The van der Waals surface area contributed by atoms with E-state index in [9.17, 15) is 4.79 Å². The van der Waals surface area contributed by atoms with Gasteiger partial charge in [-0.2, -0.15) is 0 Å². The lowest BCUT2D eigenvalue weighted by Gasteiger charge is -2.22. The number of amides is 1. The SMILES string of the molecule is CC1(C)C2CN(C(=O)c3cccc(N)c3)CC21. The summed E-state index contributed by atoms with van der Waals surface area (Å²) in [6.45, 7) is 6.41. The molecule has 1 saturated heterocycles. The second-order valence-electron chi connectivity index (χ2n) is 5.87. The monoisotopic (exact) mass is 230 g/mol. The lowest BCUT2D eigenvalue weighted by molar-refractivity contribution is 0.0758. The second kappa shape index (κ2) is 3.25. The van der Waals surface area contributed by atoms with Crippen LogP contribution in [0, 0.1) is 17.3 Å². The highest BCUT2D eigenvalue weighted by Crippen LogP contribution is 2.62. The minimum Gasteiger partial charge on any atom is -0.399 e. The number of fused-ring (bicyclic) bond motifs is 1. The van der Waals surface area contributed by atoms with E-state index in [1.165, 1.54) is 0 Å². The molecule has 0 bridgehead atoms. The number of carbonyl (C=O) groups excluding carboxylic acids is 1. The number of nitrogens with two attached hydrogens (primary N) is 1. The minimum atomic E-state index is 0.125. The maximum absolute atomic E-state index is 12.2. The summed E-state index contributed by atoms with van der Waals surface area (Å²) in [5.74, 6) is 1.53. The van der Waals surface area contributed by atoms with E-state index in [2.05, 4.69) is 13.8 Å². The van der Waals surface area contributed by atoms with Crippen molar-refractivity contribution in [2.45, 2.75) is 13.8 Å². The molecule has 3 nitrogen and oxygen atoms in total. The summed E-state index contributed by atoms with van der Waals surface area (Å²) >= 11 is 0. The predicted octanol–water partition coefficient (Wildman–Crippen LogP) is 2.00. The van der Waals surface area contributed by atoms with Crippen molar-refractivity contribution in [3.05, 3.63) is 29.8 Å². The third-order valence-corrected chi connectivity index (χ3v) is 4.54. The minimum absolute atomic E-state index is 0.125. The number of nitrogen functional groups attached to an aromatic ring is 1. The van der Waals surface area contributed by atoms with Gasteiger partial charge in [-0.25, -0.2) is 0 Å². The Labute approximate surface area is 102 Å². The molecule has 17 heavy (non-hydrogen) atoms. The van der Waals surface area contributed by atoms with Crippen molar-refractivity contribution in [2.75, 3.05) is 18.8 Å². The van der Waals surface area contributed by atoms with Crippen molar-refractivity contribution in [3.63, 3.8) is 0 Å². The molecule has 2 N–H and O–H groups in total. The highest BCUT2D eigenvalue weighted by atomic mass is 16.2. The zero-order valence-electron chi connectivity index (χ0n) is 10.3. The quantitative estimate of drug-likeness (QED) is 0.750. The van der Waals surface area contributed by atoms with Gasteiger partial charge in [0.15, 0.2) is 0 Å². The van der Waals surface area contributed by atoms with Crippen LogP contribution >= 0.6 is 0 Å². The van der Waals surface area contributed by atoms with Crippen LogP contribution in [0.1, 0.15) is 24.2 Å². The third kappa shape index (κ3) is 1.53. The summed E-state index contributed by atoms with van der Waals surface area (Å²) in [5, 5.41) is 0. The molecule has 3 heteroatoms. The number of rotatable bonds is 1. The fraction of sp³-hybridized carbons (Fsp3) is 0.500. The fourth-order valence-electron chi connectivity index (χ4n) is 3.15. The van der Waals surface area contributed by atoms with Crippen LogP contribution in [-0.2, 0) is 0 Å². The number of benzene rings is 1. The van der Waals surface area contributed by atoms with Gasteiger partial charge in [0.25, 0.3) is 5.91 Å². The van der Waals surface area contributed by atoms with Gasteiger partial charge in [0.1, 0.15) is 0 Å². The van der Waals surface area contributed by atoms with Crippen LogP contribution < -0.4 is 5.73 Å². The molecule has 2 fully saturated rings. The first-order valence-corrected chi connectivity index (χ1v) is 6.15. The van der Waals surface area contributed by atoms with Crippen LogP contribution in [0.25, 0.3) is 0 Å². The molecule has 1 amide bonds. The first-order chi connectivity index (χ1) is 8.00. The van der Waals surface area contributed by atoms with E-state index in [0.717, 1.165) is 13.1 Å². The van der Waals surface area contributed by atoms with E-state index in [1.807, 2.05) is 17.0 Å². The maximum atomic E-state index is 12.2. The number of carbonyl (C=O) groups is 1. The Balaban J connectivity index is 1.74. The van der Waals surface area contributed by atoms with Crippen LogP contribution in [0.3, 0.4) is 0 Å². The van der Waals surface area contributed by atoms with E-state index in [1.54, 1.807) is 12.1 Å². The number of anilines is 1. The summed E-state index contributed by atoms with van der Waals surface area (Å²) in [4.78, 5) is 14.2. The largest absolute Gasteiger partial charge is 0.399 e. The smallest absolute Gasteiger partial charge is 0.253 e. The Morgan fingerprint density at radius 3 is 2.59 bits per heavy atom. The molecule has 2 aliphatic rings. The lowest BCUT2D eigenvalue weighted by Crippen LogP contribution is -2.32. The Hall–Kier alpha value is -1.51. The number of nitrogens with zero attached hydrogens (tertiary/aromatic N) is 1. The van der Waals surface area contributed by atoms with E-state index >= 15 is 0 Å². The molecule has 1 heterocycles. The van der Waals surface area contributed by atoms with Crippen molar-refractivity contribution in [3.8, 4) is 0 Å². The molecule has 2 atom stereocenters. The molecule has 0 aromatic heterocycles. The molecule has 1 aromatic carbocycles. The van der Waals surface area contributed by atoms with Crippen molar-refractivity contribution in [2.24, 2.45) is 17.3 Å². The number of hydrogen-bond donors (Lipinski definition) is 1. The van der Waals surface area contributed by atoms with E-state index < -0.39 is 0 Å². The zero-order chi connectivity index (χ0) is 12.2. The first-order valence-electron chi connectivity index (χ1n) is 6.15. The predicted molar refractivity (Wildman–Crippen MR) is 67.5 cm³/mol. The van der Waals surface area contributed by atoms with E-state index in [0.29, 0.717) is 28.5 Å². The van der Waals surface area contributed by atoms with Crippen molar-refractivity contribution >= 4 is 11.6 Å². The van der Waals surface area contributed by atoms with Crippen LogP contribution in [-0.4, -0.2) is 23.9 Å². The molecule has 0 radical (unpaired) electrons. The summed E-state index contributed by atoms with van der Waals surface area (Å²) in [6.07, 6.45) is 0. The second-order valence-corrected chi connectivity index (χ2v) is 5.87. The molecular weight excluding hydrogens is 212 g/mol. The van der Waals surface area contributed by atoms with Gasteiger partial charge in [0.05, 0.1) is 0 Å². The zero-order valence-corrected chi connectivity index (χ0v) is 10.3. The Morgan fingerprint density at radius 1 is 1.35 bits per heavy atom. The third-order valence-electron chi connectivity index (χ3n) is 4.54. The van der Waals surface area contributed by atoms with Crippen LogP contribution in [0.15, 0.2) is 24.3 Å². The van der Waals surface area contributed by atoms with Crippen LogP contribution in [0.5, 0.6) is 0 Å². The van der Waals surface area contributed by atoms with E-state index in [-0.39, 0.29) is 5.91 Å². The topological polar surface area (TPSA) is 46.3 Å². The van der Waals surface area contributed by atoms with Gasteiger partial charge in [-0.3, -0.25) is 4.79 Å². The molecule has 2 unspecified atom stereocenters. The Morgan fingerprint density at radius 2 is 2.00 bits per heavy atom. The number of likely N-dealkylation sites (tertiary alicyclic amines) is 1. The normalized spacial score (nSPS) is 28.9. The average Bonchev–Trinajstić information content (AvgIpc) is 2.70. The van der Waals surface area contributed by atoms with Gasteiger partial charge in [-0.05, 0) is 35.4 Å². The summed E-state index contributed by atoms with van der Waals surface area (Å²) in [5.41, 5.74) is 7.52. The average molecular weight is 230 g/mol.